The molecule has 0 amide bonds. The fourth-order valence-electron chi connectivity index (χ4n) is 12.1. The lowest BCUT2D eigenvalue weighted by Crippen LogP contribution is -2.55. The van der Waals surface area contributed by atoms with Crippen LogP contribution < -0.4 is 4.90 Å². The van der Waals surface area contributed by atoms with Gasteiger partial charge in [-0.2, -0.15) is 0 Å². The van der Waals surface area contributed by atoms with E-state index in [4.69, 9.17) is 0 Å². The largest absolute Gasteiger partial charge is 0.310 e. The van der Waals surface area contributed by atoms with E-state index in [1.807, 2.05) is 0 Å². The summed E-state index contributed by atoms with van der Waals surface area (Å²) in [7, 11) is 0. The first-order chi connectivity index (χ1) is 26.2. The topological polar surface area (TPSA) is 3.24 Å². The minimum Gasteiger partial charge on any atom is -0.310 e. The molecule has 0 unspecified atom stereocenters. The van der Waals surface area contributed by atoms with E-state index in [0.29, 0.717) is 0 Å². The maximum Gasteiger partial charge on any atom is 0.0468 e. The second kappa shape index (κ2) is 11.2. The molecule has 13 rings (SSSR count). The Morgan fingerprint density at radius 3 is 1.75 bits per heavy atom. The second-order valence-corrected chi connectivity index (χ2v) is 16.6. The molecule has 1 nitrogen and oxygen atoms in total. The van der Waals surface area contributed by atoms with Crippen molar-refractivity contribution in [2.24, 2.45) is 23.7 Å². The van der Waals surface area contributed by atoms with Gasteiger partial charge in [-0.25, -0.2) is 0 Å². The van der Waals surface area contributed by atoms with E-state index in [2.05, 4.69) is 169 Å². The number of rotatable bonds is 4. The van der Waals surface area contributed by atoms with Crippen LogP contribution in [0.3, 0.4) is 0 Å². The van der Waals surface area contributed by atoms with Crippen LogP contribution >= 0.6 is 0 Å². The molecule has 0 aliphatic heterocycles. The normalized spacial score (nSPS) is 23.5. The zero-order valence-electron chi connectivity index (χ0n) is 29.9. The third-order valence-electron chi connectivity index (χ3n) is 14.0. The lowest BCUT2D eigenvalue weighted by Gasteiger charge is -2.61. The first-order valence-electron chi connectivity index (χ1n) is 19.8. The van der Waals surface area contributed by atoms with Gasteiger partial charge in [-0.3, -0.25) is 0 Å². The third-order valence-corrected chi connectivity index (χ3v) is 14.0. The van der Waals surface area contributed by atoms with Gasteiger partial charge in [-0.15, -0.1) is 0 Å². The summed E-state index contributed by atoms with van der Waals surface area (Å²) in [5.41, 5.74) is 12.4. The van der Waals surface area contributed by atoms with Gasteiger partial charge in [-0.05, 0) is 164 Å². The molecule has 0 aromatic heterocycles. The van der Waals surface area contributed by atoms with E-state index in [9.17, 15) is 0 Å². The molecule has 0 atom stereocenters. The highest BCUT2D eigenvalue weighted by molar-refractivity contribution is 6.13. The van der Waals surface area contributed by atoms with Gasteiger partial charge in [0.25, 0.3) is 0 Å². The van der Waals surface area contributed by atoms with Crippen LogP contribution in [0.15, 0.2) is 164 Å². The zero-order valence-corrected chi connectivity index (χ0v) is 29.9. The average molecular weight is 680 g/mol. The van der Waals surface area contributed by atoms with Crippen molar-refractivity contribution < 1.29 is 0 Å². The molecule has 0 saturated heterocycles. The predicted octanol–water partition coefficient (Wildman–Crippen LogP) is 14.0. The molecule has 4 saturated carbocycles. The molecule has 0 heterocycles. The SMILES string of the molecule is c1ccc2c(c1)-c1cc(N(c3ccc(-c4cc5ccccc5c5ccccc45)cc3)c3ccc4ccccc4c3)ccc1C21C2CC3CC(C2)CC1C3. The summed E-state index contributed by atoms with van der Waals surface area (Å²) < 4.78 is 0. The van der Waals surface area contributed by atoms with Gasteiger partial charge in [0.1, 0.15) is 0 Å². The van der Waals surface area contributed by atoms with E-state index in [0.717, 1.165) is 23.7 Å². The fraction of sp³-hybridized carbons (Fsp3) is 0.192. The van der Waals surface area contributed by atoms with Gasteiger partial charge in [0.15, 0.2) is 0 Å². The van der Waals surface area contributed by atoms with Crippen LogP contribution in [0.1, 0.15) is 43.2 Å². The summed E-state index contributed by atoms with van der Waals surface area (Å²) in [6.45, 7) is 0. The minimum absolute atomic E-state index is 0.177. The standard InChI is InChI=1S/C52H41N/c1-2-10-37-30-42(22-17-35(37)9-1)53(41-20-18-36(19-21-41)48-31-38-11-3-4-12-44(38)45-13-5-6-14-46(45)48)43-23-24-51-49(32-43)47-15-7-8-16-50(47)52(51)39-26-33-25-34(28-39)29-40(52)27-33/h1-24,30-34,39-40H,25-29H2. The third kappa shape index (κ3) is 4.25. The van der Waals surface area contributed by atoms with Gasteiger partial charge in [0.05, 0.1) is 0 Å². The number of benzene rings is 8. The van der Waals surface area contributed by atoms with E-state index in [1.165, 1.54) is 104 Å². The first kappa shape index (κ1) is 29.9. The lowest BCUT2D eigenvalue weighted by molar-refractivity contribution is -0.0399. The van der Waals surface area contributed by atoms with Crippen molar-refractivity contribution in [1.82, 2.24) is 0 Å². The molecule has 53 heavy (non-hydrogen) atoms. The fourth-order valence-corrected chi connectivity index (χ4v) is 12.1. The number of hydrogen-bond donors (Lipinski definition) is 0. The smallest absolute Gasteiger partial charge is 0.0468 e. The number of hydrogen-bond acceptors (Lipinski definition) is 1. The summed E-state index contributed by atoms with van der Waals surface area (Å²) in [6, 6.07) is 62.0. The van der Waals surface area contributed by atoms with Gasteiger partial charge in [0.2, 0.25) is 0 Å². The first-order valence-corrected chi connectivity index (χ1v) is 19.8. The van der Waals surface area contributed by atoms with Crippen molar-refractivity contribution in [3.63, 3.8) is 0 Å². The molecule has 8 aromatic carbocycles. The van der Waals surface area contributed by atoms with Gasteiger partial charge in [-0.1, -0.05) is 121 Å². The quantitative estimate of drug-likeness (QED) is 0.167. The molecule has 0 radical (unpaired) electrons. The Hall–Kier alpha value is -5.66. The molecule has 5 aliphatic rings. The highest BCUT2D eigenvalue weighted by atomic mass is 15.1. The van der Waals surface area contributed by atoms with Crippen LogP contribution in [0.25, 0.3) is 54.6 Å². The van der Waals surface area contributed by atoms with Crippen molar-refractivity contribution in [2.45, 2.75) is 37.5 Å². The van der Waals surface area contributed by atoms with Crippen molar-refractivity contribution in [3.8, 4) is 22.3 Å². The number of nitrogens with zero attached hydrogens (tertiary/aromatic N) is 1. The Labute approximate surface area is 311 Å². The molecule has 4 bridgehead atoms. The Kier molecular flexibility index (Phi) is 6.30. The molecule has 254 valence electrons. The van der Waals surface area contributed by atoms with Gasteiger partial charge < -0.3 is 4.90 Å². The van der Waals surface area contributed by atoms with Crippen LogP contribution in [-0.4, -0.2) is 0 Å². The highest BCUT2D eigenvalue weighted by Crippen LogP contribution is 2.69. The zero-order chi connectivity index (χ0) is 34.7. The summed E-state index contributed by atoms with van der Waals surface area (Å²) in [5, 5.41) is 7.70. The maximum atomic E-state index is 2.55. The monoisotopic (exact) mass is 679 g/mol. The highest BCUT2D eigenvalue weighted by Gasteiger charge is 2.61. The van der Waals surface area contributed by atoms with Crippen LogP contribution in [0.2, 0.25) is 0 Å². The Balaban J connectivity index is 1.02. The molecule has 1 heteroatoms. The van der Waals surface area contributed by atoms with E-state index < -0.39 is 0 Å². The van der Waals surface area contributed by atoms with Crippen molar-refractivity contribution in [1.29, 1.82) is 0 Å². The Morgan fingerprint density at radius 2 is 0.962 bits per heavy atom. The number of fused-ring (bicyclic) bond motifs is 7. The van der Waals surface area contributed by atoms with E-state index in [-0.39, 0.29) is 5.41 Å². The van der Waals surface area contributed by atoms with Gasteiger partial charge in [0, 0.05) is 22.5 Å². The van der Waals surface area contributed by atoms with Crippen LogP contribution in [-0.2, 0) is 5.41 Å². The molecule has 4 fully saturated rings. The van der Waals surface area contributed by atoms with Crippen LogP contribution in [0.4, 0.5) is 17.1 Å². The molecule has 5 aliphatic carbocycles. The predicted molar refractivity (Wildman–Crippen MR) is 222 cm³/mol. The minimum atomic E-state index is 0.177. The lowest BCUT2D eigenvalue weighted by atomic mass is 9.43. The molecule has 1 spiro atoms. The maximum absolute atomic E-state index is 2.55. The molecule has 8 aromatic rings. The van der Waals surface area contributed by atoms with E-state index in [1.54, 1.807) is 11.1 Å². The summed E-state index contributed by atoms with van der Waals surface area (Å²) in [5.74, 6) is 3.42. The molecule has 0 N–H and O–H groups in total. The Morgan fingerprint density at radius 1 is 0.377 bits per heavy atom. The van der Waals surface area contributed by atoms with E-state index >= 15 is 0 Å². The molecular formula is C52H41N. The summed E-state index contributed by atoms with van der Waals surface area (Å²) in [4.78, 5) is 2.49. The van der Waals surface area contributed by atoms with Crippen LogP contribution in [0, 0.1) is 23.7 Å². The van der Waals surface area contributed by atoms with Crippen molar-refractivity contribution >= 4 is 49.4 Å². The summed E-state index contributed by atoms with van der Waals surface area (Å²) in [6.07, 6.45) is 7.11. The second-order valence-electron chi connectivity index (χ2n) is 16.6. The molecular weight excluding hydrogens is 639 g/mol. The number of anilines is 3. The summed E-state index contributed by atoms with van der Waals surface area (Å²) >= 11 is 0. The van der Waals surface area contributed by atoms with Crippen molar-refractivity contribution in [2.75, 3.05) is 4.90 Å². The van der Waals surface area contributed by atoms with Crippen molar-refractivity contribution in [3.05, 3.63) is 175 Å². The Bertz CT molecular complexity index is 2730. The van der Waals surface area contributed by atoms with Gasteiger partial charge >= 0.3 is 0 Å². The average Bonchev–Trinajstić information content (AvgIpc) is 3.50. The van der Waals surface area contributed by atoms with Crippen LogP contribution in [0.5, 0.6) is 0 Å².